The Bertz CT molecular complexity index is 1500. The molecule has 5 rings (SSSR count). The van der Waals surface area contributed by atoms with Crippen molar-refractivity contribution in [2.45, 2.75) is 19.0 Å². The molecular weight excluding hydrogens is 506 g/mol. The van der Waals surface area contributed by atoms with Gasteiger partial charge >= 0.3 is 5.13 Å². The topological polar surface area (TPSA) is 74.5 Å². The smallest absolute Gasteiger partial charge is 0.340 e. The van der Waals surface area contributed by atoms with Gasteiger partial charge in [0.1, 0.15) is 17.2 Å². The second-order valence-electron chi connectivity index (χ2n) is 9.10. The molecule has 0 spiro atoms. The van der Waals surface area contributed by atoms with Crippen LogP contribution in [-0.4, -0.2) is 24.2 Å². The van der Waals surface area contributed by atoms with E-state index < -0.39 is 6.04 Å². The molecule has 0 saturated heterocycles. The van der Waals surface area contributed by atoms with Crippen molar-refractivity contribution in [3.05, 3.63) is 126 Å². The van der Waals surface area contributed by atoms with Crippen LogP contribution in [0.4, 0.5) is 5.13 Å². The van der Waals surface area contributed by atoms with Gasteiger partial charge in [0.05, 0.1) is 7.11 Å². The second kappa shape index (κ2) is 12.3. The molecule has 1 amide bonds. The van der Waals surface area contributed by atoms with E-state index in [0.29, 0.717) is 13.0 Å². The lowest BCUT2D eigenvalue weighted by Crippen LogP contribution is -2.44. The van der Waals surface area contributed by atoms with E-state index in [0.717, 1.165) is 39.0 Å². The zero-order valence-electron chi connectivity index (χ0n) is 21.6. The molecular formula is C32H30N3O3S+. The maximum absolute atomic E-state index is 13.6. The number of thiazole rings is 1. The van der Waals surface area contributed by atoms with Crippen molar-refractivity contribution in [3.63, 3.8) is 0 Å². The summed E-state index contributed by atoms with van der Waals surface area (Å²) < 4.78 is 7.51. The van der Waals surface area contributed by atoms with Crippen molar-refractivity contribution >= 4 is 22.4 Å². The number of aromatic nitrogens is 1. The zero-order chi connectivity index (χ0) is 27.0. The lowest BCUT2D eigenvalue weighted by molar-refractivity contribution is -0.564. The SMILES string of the molecule is COc1ccc(-[n+]2c(-c3ccccc3)csc2N[C@@H](Cc2ccc(O)cc2)C(=O)NCc2ccccc2)cc1. The number of hydrogen-bond donors (Lipinski definition) is 3. The molecule has 0 aliphatic carbocycles. The second-order valence-corrected chi connectivity index (χ2v) is 9.95. The first-order valence-electron chi connectivity index (χ1n) is 12.7. The third kappa shape index (κ3) is 6.45. The number of phenolic OH excluding ortho intramolecular Hbond substituents is 1. The van der Waals surface area contributed by atoms with Crippen molar-refractivity contribution in [2.24, 2.45) is 0 Å². The summed E-state index contributed by atoms with van der Waals surface area (Å²) in [4.78, 5) is 13.6. The van der Waals surface area contributed by atoms with Gasteiger partial charge in [0.25, 0.3) is 5.91 Å². The van der Waals surface area contributed by atoms with E-state index in [-0.39, 0.29) is 11.7 Å². The van der Waals surface area contributed by atoms with E-state index in [1.165, 1.54) is 0 Å². The monoisotopic (exact) mass is 536 g/mol. The number of anilines is 1. The number of hydrogen-bond acceptors (Lipinski definition) is 5. The van der Waals surface area contributed by atoms with E-state index >= 15 is 0 Å². The van der Waals surface area contributed by atoms with E-state index in [2.05, 4.69) is 32.7 Å². The fraction of sp³-hybridized carbons (Fsp3) is 0.125. The highest BCUT2D eigenvalue weighted by Crippen LogP contribution is 2.27. The molecule has 0 saturated carbocycles. The van der Waals surface area contributed by atoms with Gasteiger partial charge in [-0.2, -0.15) is 4.57 Å². The lowest BCUT2D eigenvalue weighted by Gasteiger charge is -2.16. The number of benzene rings is 4. The van der Waals surface area contributed by atoms with Gasteiger partial charge in [-0.05, 0) is 47.5 Å². The van der Waals surface area contributed by atoms with Gasteiger partial charge in [-0.3, -0.25) is 10.1 Å². The quantitative estimate of drug-likeness (QED) is 0.199. The summed E-state index contributed by atoms with van der Waals surface area (Å²) >= 11 is 1.55. The summed E-state index contributed by atoms with van der Waals surface area (Å²) in [7, 11) is 1.65. The van der Waals surface area contributed by atoms with Crippen molar-refractivity contribution in [2.75, 3.05) is 12.4 Å². The number of methoxy groups -OCH3 is 1. The van der Waals surface area contributed by atoms with Gasteiger partial charge in [-0.15, -0.1) is 0 Å². The lowest BCUT2D eigenvalue weighted by atomic mass is 10.0. The minimum atomic E-state index is -0.551. The Morgan fingerprint density at radius 1 is 0.872 bits per heavy atom. The van der Waals surface area contributed by atoms with Crippen LogP contribution in [0.2, 0.25) is 0 Å². The molecule has 4 aromatic carbocycles. The van der Waals surface area contributed by atoms with Gasteiger partial charge < -0.3 is 15.2 Å². The maximum Gasteiger partial charge on any atom is 0.340 e. The Kier molecular flexibility index (Phi) is 8.19. The zero-order valence-corrected chi connectivity index (χ0v) is 22.4. The maximum atomic E-state index is 13.6. The Labute approximate surface area is 232 Å². The fourth-order valence-corrected chi connectivity index (χ4v) is 5.34. The summed E-state index contributed by atoms with van der Waals surface area (Å²) in [5.41, 5.74) is 5.01. The highest BCUT2D eigenvalue weighted by atomic mass is 32.1. The van der Waals surface area contributed by atoms with Crippen LogP contribution in [0.5, 0.6) is 11.5 Å². The number of amides is 1. The normalized spacial score (nSPS) is 11.5. The summed E-state index contributed by atoms with van der Waals surface area (Å²) in [5, 5.41) is 19.3. The van der Waals surface area contributed by atoms with Crippen LogP contribution < -0.4 is 19.9 Å². The Morgan fingerprint density at radius 3 is 2.21 bits per heavy atom. The third-order valence-electron chi connectivity index (χ3n) is 6.43. The van der Waals surface area contributed by atoms with E-state index in [9.17, 15) is 9.90 Å². The number of carbonyl (C=O) groups is 1. The predicted molar refractivity (Wildman–Crippen MR) is 155 cm³/mol. The molecule has 7 heteroatoms. The van der Waals surface area contributed by atoms with Crippen LogP contribution >= 0.6 is 11.3 Å². The summed E-state index contributed by atoms with van der Waals surface area (Å²) in [6, 6.07) is 34.3. The van der Waals surface area contributed by atoms with Crippen LogP contribution in [-0.2, 0) is 17.8 Å². The number of rotatable bonds is 10. The number of carbonyl (C=O) groups excluding carboxylic acids is 1. The van der Waals surface area contributed by atoms with Crippen molar-refractivity contribution in [1.29, 1.82) is 0 Å². The number of nitrogens with zero attached hydrogens (tertiary/aromatic N) is 1. The van der Waals surface area contributed by atoms with Crippen molar-refractivity contribution < 1.29 is 19.2 Å². The van der Waals surface area contributed by atoms with E-state index in [4.69, 9.17) is 4.74 Å². The largest absolute Gasteiger partial charge is 0.508 e. The summed E-state index contributed by atoms with van der Waals surface area (Å²) in [6.07, 6.45) is 0.447. The van der Waals surface area contributed by atoms with Crippen molar-refractivity contribution in [1.82, 2.24) is 5.32 Å². The molecule has 5 aromatic rings. The average molecular weight is 537 g/mol. The molecule has 1 aromatic heterocycles. The fourth-order valence-electron chi connectivity index (χ4n) is 4.35. The first-order valence-corrected chi connectivity index (χ1v) is 13.6. The Morgan fingerprint density at radius 2 is 1.54 bits per heavy atom. The third-order valence-corrected chi connectivity index (χ3v) is 7.29. The van der Waals surface area contributed by atoms with Crippen LogP contribution in [0.15, 0.2) is 115 Å². The standard InChI is InChI=1S/C32H29N3O3S/c1-38-28-18-14-26(15-19-28)35-30(25-10-6-3-7-11-25)22-39-32(35)34-29(20-23-12-16-27(36)17-13-23)31(37)33-21-24-8-4-2-5-9-24/h2-19,22,29H,20-21H2,1H3,(H2,33,36,37)/p+1/t29-/m0/s1. The minimum Gasteiger partial charge on any atom is -0.508 e. The van der Waals surface area contributed by atoms with Crippen LogP contribution in [0.25, 0.3) is 16.9 Å². The molecule has 3 N–H and O–H groups in total. The molecule has 1 atom stereocenters. The molecule has 39 heavy (non-hydrogen) atoms. The molecule has 0 radical (unpaired) electrons. The number of aromatic hydroxyl groups is 1. The molecule has 0 aliphatic heterocycles. The van der Waals surface area contributed by atoms with Crippen LogP contribution in [0.1, 0.15) is 11.1 Å². The van der Waals surface area contributed by atoms with Gasteiger partial charge in [-0.25, -0.2) is 0 Å². The average Bonchev–Trinajstić information content (AvgIpc) is 3.41. The summed E-state index contributed by atoms with van der Waals surface area (Å²) in [6.45, 7) is 0.436. The molecule has 6 nitrogen and oxygen atoms in total. The van der Waals surface area contributed by atoms with Gasteiger partial charge in [0.15, 0.2) is 11.7 Å². The first-order chi connectivity index (χ1) is 19.1. The molecule has 0 aliphatic rings. The highest BCUT2D eigenvalue weighted by molar-refractivity contribution is 7.13. The number of ether oxygens (including phenoxy) is 1. The molecule has 0 unspecified atom stereocenters. The predicted octanol–water partition coefficient (Wildman–Crippen LogP) is 5.75. The van der Waals surface area contributed by atoms with E-state index in [1.807, 2.05) is 84.9 Å². The van der Waals surface area contributed by atoms with Gasteiger partial charge in [0.2, 0.25) is 0 Å². The number of phenols is 1. The number of nitrogens with one attached hydrogen (secondary N) is 2. The molecule has 0 fully saturated rings. The first kappa shape index (κ1) is 26.0. The highest BCUT2D eigenvalue weighted by Gasteiger charge is 2.29. The summed E-state index contributed by atoms with van der Waals surface area (Å²) in [5.74, 6) is 0.860. The van der Waals surface area contributed by atoms with Crippen LogP contribution in [0.3, 0.4) is 0 Å². The Balaban J connectivity index is 1.49. The van der Waals surface area contributed by atoms with Crippen LogP contribution in [0, 0.1) is 0 Å². The van der Waals surface area contributed by atoms with Crippen molar-refractivity contribution in [3.8, 4) is 28.4 Å². The van der Waals surface area contributed by atoms with E-state index in [1.54, 1.807) is 30.6 Å². The minimum absolute atomic E-state index is 0.108. The van der Waals surface area contributed by atoms with Gasteiger partial charge in [0, 0.05) is 23.9 Å². The Hall–Kier alpha value is -4.62. The molecule has 196 valence electrons. The molecule has 1 heterocycles. The molecule has 0 bridgehead atoms. The van der Waals surface area contributed by atoms with Gasteiger partial charge in [-0.1, -0.05) is 84.1 Å².